The molecule has 1 rings (SSSR count). The number of hydrogen-bond donors (Lipinski definition) is 0. The fourth-order valence-electron chi connectivity index (χ4n) is 1.69. The molecule has 0 bridgehead atoms. The van der Waals surface area contributed by atoms with Gasteiger partial charge in [-0.15, -0.1) is 0 Å². The Hall–Kier alpha value is -1.79. The van der Waals surface area contributed by atoms with E-state index in [4.69, 9.17) is 4.74 Å². The van der Waals surface area contributed by atoms with Gasteiger partial charge in [0.25, 0.3) is 0 Å². The van der Waals surface area contributed by atoms with Gasteiger partial charge in [-0.25, -0.2) is 9.97 Å². The van der Waals surface area contributed by atoms with Gasteiger partial charge in [-0.3, -0.25) is 0 Å². The van der Waals surface area contributed by atoms with E-state index in [0.717, 1.165) is 12.6 Å². The van der Waals surface area contributed by atoms with Gasteiger partial charge >= 0.3 is 6.18 Å². The van der Waals surface area contributed by atoms with Gasteiger partial charge in [0.1, 0.15) is 11.6 Å². The predicted octanol–water partition coefficient (Wildman–Crippen LogP) is 3.35. The molecule has 0 atom stereocenters. The summed E-state index contributed by atoms with van der Waals surface area (Å²) in [5.41, 5.74) is 0.371. The van der Waals surface area contributed by atoms with Crippen LogP contribution in [0.5, 0.6) is 0 Å². The van der Waals surface area contributed by atoms with Crippen molar-refractivity contribution < 1.29 is 17.9 Å². The number of halogens is 3. The Labute approximate surface area is 116 Å². The minimum absolute atomic E-state index is 0.174. The Morgan fingerprint density at radius 2 is 2.05 bits per heavy atom. The highest BCUT2D eigenvalue weighted by Crippen LogP contribution is 2.30. The van der Waals surface area contributed by atoms with Crippen molar-refractivity contribution >= 4 is 11.6 Å². The van der Waals surface area contributed by atoms with Crippen LogP contribution in [0.25, 0.3) is 5.76 Å². The topological polar surface area (TPSA) is 38.3 Å². The van der Waals surface area contributed by atoms with E-state index in [1.54, 1.807) is 18.9 Å². The van der Waals surface area contributed by atoms with Crippen LogP contribution in [0.1, 0.15) is 31.7 Å². The van der Waals surface area contributed by atoms with Gasteiger partial charge < -0.3 is 9.64 Å². The van der Waals surface area contributed by atoms with E-state index in [1.165, 1.54) is 0 Å². The van der Waals surface area contributed by atoms with E-state index in [9.17, 15) is 13.2 Å². The largest absolute Gasteiger partial charge is 0.494 e. The van der Waals surface area contributed by atoms with Gasteiger partial charge in [0, 0.05) is 19.8 Å². The Kier molecular flexibility index (Phi) is 5.35. The minimum Gasteiger partial charge on any atom is -0.494 e. The second-order valence-electron chi connectivity index (χ2n) is 4.21. The standard InChI is InChI=1S/C13H18F3N3O/c1-5-7-19(4)11-10(9(3)20-6-2)8-17-12(18-11)13(14,15)16/h8H,3,5-7H2,1-2,4H3. The first-order chi connectivity index (χ1) is 9.31. The molecule has 1 aromatic rings. The zero-order valence-corrected chi connectivity index (χ0v) is 11.8. The molecule has 0 saturated carbocycles. The third-order valence-corrected chi connectivity index (χ3v) is 2.56. The van der Waals surface area contributed by atoms with Gasteiger partial charge in [-0.1, -0.05) is 13.5 Å². The summed E-state index contributed by atoms with van der Waals surface area (Å²) in [6, 6.07) is 0. The molecular formula is C13H18F3N3O. The van der Waals surface area contributed by atoms with E-state index >= 15 is 0 Å². The summed E-state index contributed by atoms with van der Waals surface area (Å²) in [6.45, 7) is 8.34. The lowest BCUT2D eigenvalue weighted by molar-refractivity contribution is -0.144. The Morgan fingerprint density at radius 3 is 2.55 bits per heavy atom. The van der Waals surface area contributed by atoms with E-state index in [0.29, 0.717) is 18.7 Å². The molecule has 0 aliphatic carbocycles. The van der Waals surface area contributed by atoms with Gasteiger partial charge in [0.15, 0.2) is 0 Å². The zero-order valence-electron chi connectivity index (χ0n) is 11.8. The minimum atomic E-state index is -4.58. The molecule has 1 heterocycles. The van der Waals surface area contributed by atoms with Crippen LogP contribution >= 0.6 is 0 Å². The molecule has 0 aliphatic heterocycles. The average molecular weight is 289 g/mol. The van der Waals surface area contributed by atoms with E-state index in [-0.39, 0.29) is 11.6 Å². The Bertz CT molecular complexity index is 474. The van der Waals surface area contributed by atoms with Gasteiger partial charge in [0.2, 0.25) is 5.82 Å². The summed E-state index contributed by atoms with van der Waals surface area (Å²) in [4.78, 5) is 8.60. The molecule has 0 saturated heterocycles. The lowest BCUT2D eigenvalue weighted by Gasteiger charge is -2.22. The fraction of sp³-hybridized carbons (Fsp3) is 0.538. The van der Waals surface area contributed by atoms with Crippen LogP contribution in [-0.4, -0.2) is 30.2 Å². The van der Waals surface area contributed by atoms with Crippen LogP contribution in [0, 0.1) is 0 Å². The molecule has 7 heteroatoms. The number of ether oxygens (including phenoxy) is 1. The van der Waals surface area contributed by atoms with Crippen LogP contribution in [-0.2, 0) is 10.9 Å². The molecule has 4 nitrogen and oxygen atoms in total. The summed E-state index contributed by atoms with van der Waals surface area (Å²) in [5.74, 6) is -0.727. The van der Waals surface area contributed by atoms with E-state index in [1.807, 2.05) is 6.92 Å². The maximum atomic E-state index is 12.7. The summed E-state index contributed by atoms with van der Waals surface area (Å²) in [5, 5.41) is 0. The maximum Gasteiger partial charge on any atom is 0.451 e. The first-order valence-corrected chi connectivity index (χ1v) is 6.28. The van der Waals surface area contributed by atoms with Crippen LogP contribution in [0.3, 0.4) is 0 Å². The molecular weight excluding hydrogens is 271 g/mol. The number of nitrogens with zero attached hydrogens (tertiary/aromatic N) is 3. The summed E-state index contributed by atoms with van der Waals surface area (Å²) >= 11 is 0. The summed E-state index contributed by atoms with van der Waals surface area (Å²) < 4.78 is 43.3. The Balaban J connectivity index is 3.26. The Morgan fingerprint density at radius 1 is 1.40 bits per heavy atom. The van der Waals surface area contributed by atoms with Crippen molar-refractivity contribution in [2.75, 3.05) is 25.1 Å². The fourth-order valence-corrected chi connectivity index (χ4v) is 1.69. The van der Waals surface area contributed by atoms with Crippen molar-refractivity contribution in [3.8, 4) is 0 Å². The first-order valence-electron chi connectivity index (χ1n) is 6.28. The highest BCUT2D eigenvalue weighted by Gasteiger charge is 2.35. The summed E-state index contributed by atoms with van der Waals surface area (Å²) in [6.07, 6.45) is -2.69. The predicted molar refractivity (Wildman–Crippen MR) is 71.3 cm³/mol. The molecule has 0 N–H and O–H groups in total. The molecule has 0 aliphatic rings. The molecule has 0 fully saturated rings. The number of rotatable bonds is 6. The van der Waals surface area contributed by atoms with E-state index in [2.05, 4.69) is 16.5 Å². The third kappa shape index (κ3) is 3.85. The number of anilines is 1. The second-order valence-corrected chi connectivity index (χ2v) is 4.21. The average Bonchev–Trinajstić information content (AvgIpc) is 2.37. The van der Waals surface area contributed by atoms with Crippen molar-refractivity contribution in [2.24, 2.45) is 0 Å². The van der Waals surface area contributed by atoms with Crippen molar-refractivity contribution in [2.45, 2.75) is 26.4 Å². The molecule has 0 radical (unpaired) electrons. The van der Waals surface area contributed by atoms with E-state index < -0.39 is 12.0 Å². The van der Waals surface area contributed by atoms with Gasteiger partial charge in [-0.2, -0.15) is 13.2 Å². The number of alkyl halides is 3. The smallest absolute Gasteiger partial charge is 0.451 e. The molecule has 0 aromatic carbocycles. The third-order valence-electron chi connectivity index (χ3n) is 2.56. The SMILES string of the molecule is C=C(OCC)c1cnc(C(F)(F)F)nc1N(C)CCC. The highest BCUT2D eigenvalue weighted by atomic mass is 19.4. The molecule has 0 spiro atoms. The number of aromatic nitrogens is 2. The first kappa shape index (κ1) is 16.3. The summed E-state index contributed by atoms with van der Waals surface area (Å²) in [7, 11) is 1.68. The quantitative estimate of drug-likeness (QED) is 0.753. The van der Waals surface area contributed by atoms with Crippen LogP contribution in [0.15, 0.2) is 12.8 Å². The number of hydrogen-bond acceptors (Lipinski definition) is 4. The van der Waals surface area contributed by atoms with Crippen molar-refractivity contribution in [1.29, 1.82) is 0 Å². The van der Waals surface area contributed by atoms with Crippen molar-refractivity contribution in [3.05, 3.63) is 24.2 Å². The molecule has 0 amide bonds. The van der Waals surface area contributed by atoms with Gasteiger partial charge in [-0.05, 0) is 13.3 Å². The molecule has 1 aromatic heterocycles. The maximum absolute atomic E-state index is 12.7. The molecule has 0 unspecified atom stereocenters. The van der Waals surface area contributed by atoms with Crippen molar-refractivity contribution in [1.82, 2.24) is 9.97 Å². The van der Waals surface area contributed by atoms with Crippen LogP contribution in [0.2, 0.25) is 0 Å². The molecule has 112 valence electrons. The lowest BCUT2D eigenvalue weighted by atomic mass is 10.2. The zero-order chi connectivity index (χ0) is 15.3. The normalized spacial score (nSPS) is 11.3. The van der Waals surface area contributed by atoms with Crippen molar-refractivity contribution in [3.63, 3.8) is 0 Å². The molecule has 20 heavy (non-hydrogen) atoms. The lowest BCUT2D eigenvalue weighted by Crippen LogP contribution is -2.23. The van der Waals surface area contributed by atoms with Crippen LogP contribution in [0.4, 0.5) is 19.0 Å². The monoisotopic (exact) mass is 289 g/mol. The van der Waals surface area contributed by atoms with Crippen LogP contribution < -0.4 is 4.90 Å². The van der Waals surface area contributed by atoms with Gasteiger partial charge in [0.05, 0.1) is 12.2 Å². The highest BCUT2D eigenvalue weighted by molar-refractivity contribution is 5.68. The second kappa shape index (κ2) is 6.58.